The smallest absolute Gasteiger partial charge is 0.472 e. The lowest BCUT2D eigenvalue weighted by Crippen LogP contribution is -2.25. The van der Waals surface area contributed by atoms with Crippen molar-refractivity contribution in [1.29, 1.82) is 0 Å². The zero-order chi connectivity index (χ0) is 39.5. The van der Waals surface area contributed by atoms with Crippen molar-refractivity contribution >= 4 is 13.8 Å². The first-order valence-electron chi connectivity index (χ1n) is 22.5. The lowest BCUT2D eigenvalue weighted by molar-refractivity contribution is -0.147. The second kappa shape index (κ2) is 42.7. The van der Waals surface area contributed by atoms with Crippen LogP contribution >= 0.6 is 7.82 Å². The predicted octanol–water partition coefficient (Wildman–Crippen LogP) is 13.8. The number of ether oxygens (including phenoxy) is 2. The van der Waals surface area contributed by atoms with Gasteiger partial charge in [-0.15, -0.1) is 0 Å². The van der Waals surface area contributed by atoms with Crippen molar-refractivity contribution < 1.29 is 32.8 Å². The van der Waals surface area contributed by atoms with Crippen LogP contribution in [0.25, 0.3) is 0 Å². The number of rotatable bonds is 43. The number of phosphoric acid groups is 1. The molecule has 0 aromatic heterocycles. The summed E-state index contributed by atoms with van der Waals surface area (Å²) in [6, 6.07) is 0. The number of hydrogen-bond donors (Lipinski definition) is 2. The largest absolute Gasteiger partial charge is 0.492 e. The molecule has 0 aromatic carbocycles. The van der Waals surface area contributed by atoms with Crippen LogP contribution in [0.15, 0.2) is 36.6 Å². The maximum absolute atomic E-state index is 12.4. The minimum absolute atomic E-state index is 0.0681. The van der Waals surface area contributed by atoms with Crippen LogP contribution in [-0.2, 0) is 27.9 Å². The molecule has 1 unspecified atom stereocenters. The van der Waals surface area contributed by atoms with E-state index in [9.17, 15) is 14.3 Å². The third-order valence-corrected chi connectivity index (χ3v) is 10.6. The SMILES string of the molecule is CCCCCCCC/C=C\CCCCCC/C=C\O[C@H](COC(=O)CCCCCCCCCCC/C=C\CCCCCCCC)COP(=O)(O)OCCN. The predicted molar refractivity (Wildman–Crippen MR) is 229 cm³/mol. The standard InChI is InChI=1S/C45H86NO7P/c1-3-5-7-9-11-13-15-17-19-21-22-23-24-26-28-30-32-34-36-38-45(47)51-42-44(43-53-54(48,49)52-41-39-46)50-40-37-35-33-31-29-27-25-20-18-16-14-12-10-8-6-4-2/h17-20,37,40,44H,3-16,21-36,38-39,41-43,46H2,1-2H3,(H,48,49)/b19-17-,20-18-,40-37-/t44-/m1/s1. The topological polar surface area (TPSA) is 117 Å². The maximum atomic E-state index is 12.4. The van der Waals surface area contributed by atoms with Crippen molar-refractivity contribution in [2.75, 3.05) is 26.4 Å². The minimum Gasteiger partial charge on any atom is -0.492 e. The molecule has 3 N–H and O–H groups in total. The number of carbonyl (C=O) groups is 1. The van der Waals surface area contributed by atoms with E-state index in [1.165, 1.54) is 148 Å². The van der Waals surface area contributed by atoms with Gasteiger partial charge < -0.3 is 20.1 Å². The van der Waals surface area contributed by atoms with E-state index in [-0.39, 0.29) is 32.3 Å². The molecule has 0 rings (SSSR count). The highest BCUT2D eigenvalue weighted by Crippen LogP contribution is 2.43. The molecule has 0 radical (unpaired) electrons. The van der Waals surface area contributed by atoms with Crippen LogP contribution in [0.4, 0.5) is 0 Å². The van der Waals surface area contributed by atoms with E-state index < -0.39 is 13.9 Å². The van der Waals surface area contributed by atoms with Crippen molar-refractivity contribution in [3.8, 4) is 0 Å². The summed E-state index contributed by atoms with van der Waals surface area (Å²) >= 11 is 0. The summed E-state index contributed by atoms with van der Waals surface area (Å²) in [5, 5.41) is 0. The van der Waals surface area contributed by atoms with Gasteiger partial charge in [0.05, 0.1) is 19.5 Å². The van der Waals surface area contributed by atoms with Gasteiger partial charge in [-0.2, -0.15) is 0 Å². The number of phosphoric ester groups is 1. The van der Waals surface area contributed by atoms with Gasteiger partial charge in [0.2, 0.25) is 0 Å². The van der Waals surface area contributed by atoms with E-state index in [1.807, 2.05) is 6.08 Å². The molecular formula is C45H86NO7P. The molecule has 0 heterocycles. The van der Waals surface area contributed by atoms with E-state index >= 15 is 0 Å². The Morgan fingerprint density at radius 3 is 1.37 bits per heavy atom. The van der Waals surface area contributed by atoms with Crippen molar-refractivity contribution in [2.45, 2.75) is 219 Å². The van der Waals surface area contributed by atoms with Crippen LogP contribution in [0.3, 0.4) is 0 Å². The molecule has 0 aliphatic rings. The van der Waals surface area contributed by atoms with Gasteiger partial charge >= 0.3 is 13.8 Å². The molecule has 0 aliphatic carbocycles. The highest BCUT2D eigenvalue weighted by Gasteiger charge is 2.24. The van der Waals surface area contributed by atoms with Gasteiger partial charge in [-0.05, 0) is 76.7 Å². The summed E-state index contributed by atoms with van der Waals surface area (Å²) in [7, 11) is -4.27. The number of nitrogens with two attached hydrogens (primary N) is 1. The molecule has 0 saturated carbocycles. The lowest BCUT2D eigenvalue weighted by Gasteiger charge is -2.19. The van der Waals surface area contributed by atoms with Crippen LogP contribution in [0.2, 0.25) is 0 Å². The van der Waals surface area contributed by atoms with Crippen molar-refractivity contribution in [2.24, 2.45) is 5.73 Å². The summed E-state index contributed by atoms with van der Waals surface area (Å²) in [4.78, 5) is 22.3. The maximum Gasteiger partial charge on any atom is 0.472 e. The average Bonchev–Trinajstić information content (AvgIpc) is 3.16. The van der Waals surface area contributed by atoms with Gasteiger partial charge in [0, 0.05) is 13.0 Å². The van der Waals surface area contributed by atoms with Crippen LogP contribution in [0.1, 0.15) is 213 Å². The normalized spacial score (nSPS) is 13.7. The quantitative estimate of drug-likeness (QED) is 0.0206. The summed E-state index contributed by atoms with van der Waals surface area (Å²) in [5.74, 6) is -0.294. The lowest BCUT2D eigenvalue weighted by atomic mass is 10.1. The Labute approximate surface area is 333 Å². The molecule has 8 nitrogen and oxygen atoms in total. The molecule has 0 spiro atoms. The Hall–Kier alpha value is -1.44. The van der Waals surface area contributed by atoms with Crippen molar-refractivity contribution in [3.63, 3.8) is 0 Å². The number of unbranched alkanes of at least 4 members (excludes halogenated alkanes) is 26. The van der Waals surface area contributed by atoms with Crippen LogP contribution in [0, 0.1) is 0 Å². The number of carbonyl (C=O) groups excluding carboxylic acids is 1. The number of hydrogen-bond acceptors (Lipinski definition) is 7. The second-order valence-electron chi connectivity index (χ2n) is 15.0. The monoisotopic (exact) mass is 784 g/mol. The first kappa shape index (κ1) is 52.6. The fraction of sp³-hybridized carbons (Fsp3) is 0.844. The highest BCUT2D eigenvalue weighted by molar-refractivity contribution is 7.47. The van der Waals surface area contributed by atoms with E-state index in [0.29, 0.717) is 6.42 Å². The summed E-state index contributed by atoms with van der Waals surface area (Å²) in [6.45, 7) is 4.21. The molecule has 0 aromatic rings. The molecular weight excluding hydrogens is 697 g/mol. The number of esters is 1. The molecule has 318 valence electrons. The van der Waals surface area contributed by atoms with Gasteiger partial charge in [0.15, 0.2) is 6.10 Å². The molecule has 2 atom stereocenters. The molecule has 0 fully saturated rings. The summed E-state index contributed by atoms with van der Waals surface area (Å²) in [6.07, 6.45) is 49.8. The van der Waals surface area contributed by atoms with E-state index in [4.69, 9.17) is 24.3 Å². The fourth-order valence-corrected chi connectivity index (χ4v) is 6.97. The summed E-state index contributed by atoms with van der Waals surface area (Å²) < 4.78 is 33.2. The Morgan fingerprint density at radius 2 is 0.944 bits per heavy atom. The molecule has 0 saturated heterocycles. The summed E-state index contributed by atoms with van der Waals surface area (Å²) in [5.41, 5.74) is 5.37. The van der Waals surface area contributed by atoms with Crippen molar-refractivity contribution in [3.05, 3.63) is 36.6 Å². The van der Waals surface area contributed by atoms with Gasteiger partial charge in [-0.3, -0.25) is 13.8 Å². The Morgan fingerprint density at radius 1 is 0.556 bits per heavy atom. The van der Waals surface area contributed by atoms with Crippen LogP contribution < -0.4 is 5.73 Å². The second-order valence-corrected chi connectivity index (χ2v) is 16.4. The zero-order valence-corrected chi connectivity index (χ0v) is 36.1. The van der Waals surface area contributed by atoms with E-state index in [1.54, 1.807) is 6.26 Å². The van der Waals surface area contributed by atoms with Gasteiger partial charge in [0.1, 0.15) is 6.61 Å². The molecule has 0 bridgehead atoms. The molecule has 54 heavy (non-hydrogen) atoms. The Bertz CT molecular complexity index is 926. The number of allylic oxidation sites excluding steroid dienone is 5. The average molecular weight is 784 g/mol. The van der Waals surface area contributed by atoms with Gasteiger partial charge in [0.25, 0.3) is 0 Å². The third kappa shape index (κ3) is 41.7. The Kier molecular flexibility index (Phi) is 41.6. The van der Waals surface area contributed by atoms with Crippen LogP contribution in [0.5, 0.6) is 0 Å². The molecule has 0 amide bonds. The first-order chi connectivity index (χ1) is 26.4. The highest BCUT2D eigenvalue weighted by atomic mass is 31.2. The third-order valence-electron chi connectivity index (χ3n) is 9.62. The van der Waals surface area contributed by atoms with E-state index in [0.717, 1.165) is 44.9 Å². The first-order valence-corrected chi connectivity index (χ1v) is 24.0. The van der Waals surface area contributed by atoms with Gasteiger partial charge in [-0.1, -0.05) is 160 Å². The van der Waals surface area contributed by atoms with Crippen LogP contribution in [-0.4, -0.2) is 43.3 Å². The van der Waals surface area contributed by atoms with Gasteiger partial charge in [-0.25, -0.2) is 4.57 Å². The Balaban J connectivity index is 4.05. The molecule has 0 aliphatic heterocycles. The zero-order valence-electron chi connectivity index (χ0n) is 35.2. The van der Waals surface area contributed by atoms with E-state index in [2.05, 4.69) is 38.2 Å². The fourth-order valence-electron chi connectivity index (χ4n) is 6.21. The van der Waals surface area contributed by atoms with Crippen molar-refractivity contribution in [1.82, 2.24) is 0 Å². The minimum atomic E-state index is -4.27. The molecule has 9 heteroatoms.